The first-order valence-electron chi connectivity index (χ1n) is 6.01. The van der Waals surface area contributed by atoms with Crippen molar-refractivity contribution in [2.75, 3.05) is 14.2 Å². The van der Waals surface area contributed by atoms with E-state index >= 15 is 0 Å². The summed E-state index contributed by atoms with van der Waals surface area (Å²) in [4.78, 5) is 0. The molecule has 3 nitrogen and oxygen atoms in total. The Hall–Kier alpha value is -1.22. The Labute approximate surface area is 102 Å². The number of rotatable bonds is 2. The molecule has 3 heteroatoms. The smallest absolute Gasteiger partial charge is 0.161 e. The molecule has 0 radical (unpaired) electrons. The SMILES string of the molecule is COc1cc2c(cc1OC)C(O)C(C)C(C)C2. The minimum Gasteiger partial charge on any atom is -0.493 e. The first kappa shape index (κ1) is 12.2. The molecule has 1 aromatic carbocycles. The number of fused-ring (bicyclic) bond motifs is 1. The van der Waals surface area contributed by atoms with Crippen LogP contribution >= 0.6 is 0 Å². The second-order valence-corrected chi connectivity index (χ2v) is 4.89. The van der Waals surface area contributed by atoms with Gasteiger partial charge in [-0.2, -0.15) is 0 Å². The Morgan fingerprint density at radius 2 is 1.71 bits per heavy atom. The highest BCUT2D eigenvalue weighted by molar-refractivity contribution is 5.49. The number of benzene rings is 1. The molecule has 3 atom stereocenters. The van der Waals surface area contributed by atoms with Gasteiger partial charge in [-0.05, 0) is 41.5 Å². The summed E-state index contributed by atoms with van der Waals surface area (Å²) < 4.78 is 10.6. The van der Waals surface area contributed by atoms with Crippen LogP contribution in [0.25, 0.3) is 0 Å². The van der Waals surface area contributed by atoms with Crippen LogP contribution in [0.15, 0.2) is 12.1 Å². The topological polar surface area (TPSA) is 38.7 Å². The molecule has 1 aliphatic rings. The molecular formula is C14H20O3. The maximum absolute atomic E-state index is 10.3. The van der Waals surface area contributed by atoms with Gasteiger partial charge in [0.2, 0.25) is 0 Å². The lowest BCUT2D eigenvalue weighted by Gasteiger charge is -2.33. The minimum atomic E-state index is -0.409. The minimum absolute atomic E-state index is 0.278. The van der Waals surface area contributed by atoms with Gasteiger partial charge in [0.05, 0.1) is 20.3 Å². The summed E-state index contributed by atoms with van der Waals surface area (Å²) in [6, 6.07) is 3.89. The largest absolute Gasteiger partial charge is 0.493 e. The van der Waals surface area contributed by atoms with Crippen molar-refractivity contribution in [3.63, 3.8) is 0 Å². The summed E-state index contributed by atoms with van der Waals surface area (Å²) in [6.07, 6.45) is 0.571. The third-order valence-electron chi connectivity index (χ3n) is 3.90. The molecule has 0 spiro atoms. The Balaban J connectivity index is 2.50. The van der Waals surface area contributed by atoms with Crippen LogP contribution in [-0.2, 0) is 6.42 Å². The van der Waals surface area contributed by atoms with Crippen molar-refractivity contribution < 1.29 is 14.6 Å². The van der Waals surface area contributed by atoms with E-state index in [1.54, 1.807) is 14.2 Å². The Kier molecular flexibility index (Phi) is 3.29. The average molecular weight is 236 g/mol. The van der Waals surface area contributed by atoms with E-state index in [0.29, 0.717) is 11.7 Å². The summed E-state index contributed by atoms with van der Waals surface area (Å²) in [5, 5.41) is 10.3. The molecule has 0 aromatic heterocycles. The van der Waals surface area contributed by atoms with E-state index in [9.17, 15) is 5.11 Å². The maximum atomic E-state index is 10.3. The molecule has 17 heavy (non-hydrogen) atoms. The van der Waals surface area contributed by atoms with E-state index in [2.05, 4.69) is 13.8 Å². The van der Waals surface area contributed by atoms with Crippen LogP contribution in [0.3, 0.4) is 0 Å². The molecule has 0 amide bonds. The number of ether oxygens (including phenoxy) is 2. The zero-order valence-corrected chi connectivity index (χ0v) is 10.9. The van der Waals surface area contributed by atoms with Crippen molar-refractivity contribution in [2.24, 2.45) is 11.8 Å². The lowest BCUT2D eigenvalue weighted by Crippen LogP contribution is -2.25. The highest BCUT2D eigenvalue weighted by Crippen LogP contribution is 2.42. The monoisotopic (exact) mass is 236 g/mol. The highest BCUT2D eigenvalue weighted by atomic mass is 16.5. The first-order valence-corrected chi connectivity index (χ1v) is 6.01. The molecule has 0 heterocycles. The molecule has 1 N–H and O–H groups in total. The van der Waals surface area contributed by atoms with Gasteiger partial charge in [0.1, 0.15) is 0 Å². The van der Waals surface area contributed by atoms with Gasteiger partial charge in [-0.25, -0.2) is 0 Å². The summed E-state index contributed by atoms with van der Waals surface area (Å²) in [7, 11) is 3.25. The van der Waals surface area contributed by atoms with Gasteiger partial charge < -0.3 is 14.6 Å². The number of methoxy groups -OCH3 is 2. The van der Waals surface area contributed by atoms with E-state index in [1.807, 2.05) is 12.1 Å². The van der Waals surface area contributed by atoms with Gasteiger partial charge in [-0.1, -0.05) is 13.8 Å². The standard InChI is InChI=1S/C14H20O3/c1-8-5-10-6-12(16-3)13(17-4)7-11(10)14(15)9(8)2/h6-9,14-15H,5H2,1-4H3. The summed E-state index contributed by atoms with van der Waals surface area (Å²) >= 11 is 0. The summed E-state index contributed by atoms with van der Waals surface area (Å²) in [5.74, 6) is 2.18. The van der Waals surface area contributed by atoms with Crippen LogP contribution in [0.5, 0.6) is 11.5 Å². The van der Waals surface area contributed by atoms with Gasteiger partial charge >= 0.3 is 0 Å². The van der Waals surface area contributed by atoms with Crippen LogP contribution in [0.2, 0.25) is 0 Å². The van der Waals surface area contributed by atoms with E-state index in [-0.39, 0.29) is 5.92 Å². The molecule has 1 aliphatic carbocycles. The molecule has 94 valence electrons. The molecule has 1 aromatic rings. The van der Waals surface area contributed by atoms with Gasteiger partial charge in [0.15, 0.2) is 11.5 Å². The quantitative estimate of drug-likeness (QED) is 0.857. The highest BCUT2D eigenvalue weighted by Gasteiger charge is 2.31. The average Bonchev–Trinajstić information content (AvgIpc) is 2.34. The van der Waals surface area contributed by atoms with Crippen molar-refractivity contribution >= 4 is 0 Å². The molecule has 2 rings (SSSR count). The van der Waals surface area contributed by atoms with Crippen LogP contribution in [0.4, 0.5) is 0 Å². The fraction of sp³-hybridized carbons (Fsp3) is 0.571. The molecule has 0 fully saturated rings. The van der Waals surface area contributed by atoms with Gasteiger partial charge in [-0.15, -0.1) is 0 Å². The van der Waals surface area contributed by atoms with Crippen molar-refractivity contribution in [2.45, 2.75) is 26.4 Å². The number of aliphatic hydroxyl groups is 1. The second-order valence-electron chi connectivity index (χ2n) is 4.89. The molecular weight excluding hydrogens is 216 g/mol. The Morgan fingerprint density at radius 1 is 1.12 bits per heavy atom. The van der Waals surface area contributed by atoms with Crippen LogP contribution < -0.4 is 9.47 Å². The van der Waals surface area contributed by atoms with Crippen LogP contribution in [0.1, 0.15) is 31.1 Å². The van der Waals surface area contributed by atoms with E-state index < -0.39 is 6.10 Å². The first-order chi connectivity index (χ1) is 8.08. The van der Waals surface area contributed by atoms with Crippen LogP contribution in [0, 0.1) is 11.8 Å². The number of aliphatic hydroxyl groups excluding tert-OH is 1. The Morgan fingerprint density at radius 3 is 2.29 bits per heavy atom. The lowest BCUT2D eigenvalue weighted by molar-refractivity contribution is 0.0752. The van der Waals surface area contributed by atoms with E-state index in [1.165, 1.54) is 5.56 Å². The van der Waals surface area contributed by atoms with Gasteiger partial charge in [0, 0.05) is 0 Å². The van der Waals surface area contributed by atoms with E-state index in [0.717, 1.165) is 17.7 Å². The van der Waals surface area contributed by atoms with Crippen molar-refractivity contribution in [3.05, 3.63) is 23.3 Å². The third-order valence-corrected chi connectivity index (χ3v) is 3.90. The fourth-order valence-electron chi connectivity index (χ4n) is 2.52. The molecule has 0 saturated heterocycles. The zero-order chi connectivity index (χ0) is 12.6. The molecule has 0 aliphatic heterocycles. The van der Waals surface area contributed by atoms with Crippen molar-refractivity contribution in [1.29, 1.82) is 0 Å². The number of hydrogen-bond donors (Lipinski definition) is 1. The van der Waals surface area contributed by atoms with Crippen molar-refractivity contribution in [3.8, 4) is 11.5 Å². The lowest BCUT2D eigenvalue weighted by atomic mass is 9.75. The summed E-state index contributed by atoms with van der Waals surface area (Å²) in [6.45, 7) is 4.27. The predicted octanol–water partition coefficient (Wildman–Crippen LogP) is 2.57. The molecule has 3 unspecified atom stereocenters. The third kappa shape index (κ3) is 2.00. The number of hydrogen-bond acceptors (Lipinski definition) is 3. The normalized spacial score (nSPS) is 27.5. The van der Waals surface area contributed by atoms with E-state index in [4.69, 9.17) is 9.47 Å². The fourth-order valence-corrected chi connectivity index (χ4v) is 2.52. The van der Waals surface area contributed by atoms with Crippen LogP contribution in [-0.4, -0.2) is 19.3 Å². The zero-order valence-electron chi connectivity index (χ0n) is 10.9. The Bertz CT molecular complexity index is 414. The second kappa shape index (κ2) is 4.57. The summed E-state index contributed by atoms with van der Waals surface area (Å²) in [5.41, 5.74) is 2.15. The molecule has 0 saturated carbocycles. The maximum Gasteiger partial charge on any atom is 0.161 e. The van der Waals surface area contributed by atoms with Gasteiger partial charge in [0.25, 0.3) is 0 Å². The predicted molar refractivity (Wildman–Crippen MR) is 66.5 cm³/mol. The van der Waals surface area contributed by atoms with Gasteiger partial charge in [-0.3, -0.25) is 0 Å². The van der Waals surface area contributed by atoms with Crippen molar-refractivity contribution in [1.82, 2.24) is 0 Å². The molecule has 0 bridgehead atoms.